The summed E-state index contributed by atoms with van der Waals surface area (Å²) in [7, 11) is 0. The Kier molecular flexibility index (Phi) is 4.14. The van der Waals surface area contributed by atoms with Crippen molar-refractivity contribution < 1.29 is 4.79 Å². The number of rotatable bonds is 3. The molecular weight excluding hydrogens is 196 g/mol. The fraction of sp³-hybridized carbons (Fsp3) is 0.0833. The van der Waals surface area contributed by atoms with E-state index in [0.29, 0.717) is 5.56 Å². The van der Waals surface area contributed by atoms with Gasteiger partial charge in [0.05, 0.1) is 0 Å². The van der Waals surface area contributed by atoms with Gasteiger partial charge in [0.2, 0.25) is 0 Å². The van der Waals surface area contributed by atoms with Crippen LogP contribution in [0, 0.1) is 0 Å². The Bertz CT molecular complexity index is 378. The number of allylic oxidation sites excluding steroid dienone is 3. The van der Waals surface area contributed by atoms with Gasteiger partial charge in [-0.1, -0.05) is 42.5 Å². The third kappa shape index (κ3) is 2.86. The predicted molar refractivity (Wildman–Crippen MR) is 60.5 cm³/mol. The molecule has 1 aromatic carbocycles. The van der Waals surface area contributed by atoms with Gasteiger partial charge in [-0.05, 0) is 30.2 Å². The smallest absolute Gasteiger partial charge is 0.252 e. The monoisotopic (exact) mass is 206 g/mol. The molecule has 0 aromatic heterocycles. The van der Waals surface area contributed by atoms with Crippen LogP contribution in [0.3, 0.4) is 0 Å². The van der Waals surface area contributed by atoms with Crippen molar-refractivity contribution in [2.24, 2.45) is 0 Å². The zero-order valence-corrected chi connectivity index (χ0v) is 8.66. The van der Waals surface area contributed by atoms with Gasteiger partial charge in [0.15, 0.2) is 0 Å². The molecule has 1 rings (SSSR count). The molecule has 14 heavy (non-hydrogen) atoms. The highest BCUT2D eigenvalue weighted by Crippen LogP contribution is 2.13. The molecule has 0 spiro atoms. The first kappa shape index (κ1) is 10.7. The summed E-state index contributed by atoms with van der Waals surface area (Å²) in [4.78, 5) is 11.0. The van der Waals surface area contributed by atoms with Crippen molar-refractivity contribution in [1.82, 2.24) is 0 Å². The lowest BCUT2D eigenvalue weighted by Gasteiger charge is -1.98. The molecular formula is C12H11ClO. The molecule has 0 unspecified atom stereocenters. The highest BCUT2D eigenvalue weighted by molar-refractivity contribution is 6.68. The molecule has 0 N–H and O–H groups in total. The Morgan fingerprint density at radius 2 is 2.00 bits per heavy atom. The van der Waals surface area contributed by atoms with E-state index in [1.165, 1.54) is 0 Å². The van der Waals surface area contributed by atoms with Crippen molar-refractivity contribution in [3.8, 4) is 0 Å². The third-order valence-electron chi connectivity index (χ3n) is 1.75. The molecule has 0 saturated heterocycles. The number of carbonyl (C=O) groups is 1. The van der Waals surface area contributed by atoms with Crippen LogP contribution in [0.5, 0.6) is 0 Å². The van der Waals surface area contributed by atoms with Crippen molar-refractivity contribution >= 4 is 22.9 Å². The molecule has 0 aliphatic carbocycles. The third-order valence-corrected chi connectivity index (χ3v) is 1.96. The number of carbonyl (C=O) groups excluding carboxylic acids is 1. The molecule has 1 nitrogen and oxygen atoms in total. The summed E-state index contributed by atoms with van der Waals surface area (Å²) in [5.41, 5.74) is 1.38. The van der Waals surface area contributed by atoms with Gasteiger partial charge >= 0.3 is 0 Å². The molecule has 0 amide bonds. The molecule has 2 heteroatoms. The SMILES string of the molecule is CC=CC=Cc1ccccc1C(=O)Cl. The van der Waals surface area contributed by atoms with Crippen LogP contribution in [0.4, 0.5) is 0 Å². The Hall–Kier alpha value is -1.34. The first-order valence-corrected chi connectivity index (χ1v) is 4.71. The second kappa shape index (κ2) is 5.40. The van der Waals surface area contributed by atoms with Gasteiger partial charge in [0.1, 0.15) is 0 Å². The Balaban J connectivity index is 3.01. The van der Waals surface area contributed by atoms with E-state index in [0.717, 1.165) is 5.56 Å². The van der Waals surface area contributed by atoms with Gasteiger partial charge < -0.3 is 0 Å². The van der Waals surface area contributed by atoms with Crippen LogP contribution in [-0.2, 0) is 0 Å². The average Bonchev–Trinajstić information content (AvgIpc) is 2.19. The lowest BCUT2D eigenvalue weighted by molar-refractivity contribution is 0.108. The van der Waals surface area contributed by atoms with Crippen molar-refractivity contribution in [2.45, 2.75) is 6.92 Å². The predicted octanol–water partition coefficient (Wildman–Crippen LogP) is 3.65. The molecule has 0 radical (unpaired) electrons. The van der Waals surface area contributed by atoms with Crippen molar-refractivity contribution in [1.29, 1.82) is 0 Å². The summed E-state index contributed by atoms with van der Waals surface area (Å²) in [5, 5.41) is -0.425. The van der Waals surface area contributed by atoms with Crippen LogP contribution in [0.25, 0.3) is 6.08 Å². The summed E-state index contributed by atoms with van der Waals surface area (Å²) in [6, 6.07) is 7.24. The average molecular weight is 207 g/mol. The van der Waals surface area contributed by atoms with Gasteiger partial charge in [-0.15, -0.1) is 0 Å². The van der Waals surface area contributed by atoms with Crippen LogP contribution in [0.2, 0.25) is 0 Å². The minimum Gasteiger partial charge on any atom is -0.276 e. The molecule has 0 atom stereocenters. The number of halogens is 1. The number of benzene rings is 1. The maximum Gasteiger partial charge on any atom is 0.252 e. The van der Waals surface area contributed by atoms with Crippen LogP contribution in [0.15, 0.2) is 42.5 Å². The van der Waals surface area contributed by atoms with E-state index in [9.17, 15) is 4.79 Å². The minimum absolute atomic E-state index is 0.425. The van der Waals surface area contributed by atoms with E-state index in [-0.39, 0.29) is 0 Å². The molecule has 72 valence electrons. The summed E-state index contributed by atoms with van der Waals surface area (Å²) >= 11 is 5.43. The highest BCUT2D eigenvalue weighted by Gasteiger charge is 2.04. The van der Waals surface area contributed by atoms with Crippen LogP contribution in [-0.4, -0.2) is 5.24 Å². The van der Waals surface area contributed by atoms with E-state index < -0.39 is 5.24 Å². The number of hydrogen-bond donors (Lipinski definition) is 0. The lowest BCUT2D eigenvalue weighted by Crippen LogP contribution is -1.91. The number of hydrogen-bond acceptors (Lipinski definition) is 1. The quantitative estimate of drug-likeness (QED) is 0.545. The van der Waals surface area contributed by atoms with E-state index in [1.54, 1.807) is 12.1 Å². The van der Waals surface area contributed by atoms with E-state index in [4.69, 9.17) is 11.6 Å². The maximum atomic E-state index is 11.0. The fourth-order valence-corrected chi connectivity index (χ4v) is 1.26. The van der Waals surface area contributed by atoms with Gasteiger partial charge in [-0.25, -0.2) is 0 Å². The van der Waals surface area contributed by atoms with Gasteiger partial charge in [-0.2, -0.15) is 0 Å². The van der Waals surface area contributed by atoms with Crippen molar-refractivity contribution in [3.63, 3.8) is 0 Å². The molecule has 0 aliphatic heterocycles. The summed E-state index contributed by atoms with van der Waals surface area (Å²) in [6.45, 7) is 1.93. The van der Waals surface area contributed by atoms with Crippen LogP contribution < -0.4 is 0 Å². The zero-order chi connectivity index (χ0) is 10.4. The normalized spacial score (nSPS) is 11.3. The second-order valence-electron chi connectivity index (χ2n) is 2.75. The van der Waals surface area contributed by atoms with Crippen LogP contribution in [0.1, 0.15) is 22.8 Å². The van der Waals surface area contributed by atoms with Gasteiger partial charge in [0, 0.05) is 5.56 Å². The molecule has 1 aromatic rings. The lowest BCUT2D eigenvalue weighted by atomic mass is 10.1. The zero-order valence-electron chi connectivity index (χ0n) is 7.91. The molecule has 0 fully saturated rings. The standard InChI is InChI=1S/C12H11ClO/c1-2-3-4-7-10-8-5-6-9-11(10)12(13)14/h2-9H,1H3. The minimum atomic E-state index is -0.425. The largest absolute Gasteiger partial charge is 0.276 e. The van der Waals surface area contributed by atoms with E-state index >= 15 is 0 Å². The maximum absolute atomic E-state index is 11.0. The molecule has 0 bridgehead atoms. The molecule has 0 aliphatic rings. The molecule has 0 heterocycles. The van der Waals surface area contributed by atoms with E-state index in [2.05, 4.69) is 0 Å². The van der Waals surface area contributed by atoms with Crippen molar-refractivity contribution in [2.75, 3.05) is 0 Å². The van der Waals surface area contributed by atoms with E-state index in [1.807, 2.05) is 43.4 Å². The van der Waals surface area contributed by atoms with Gasteiger partial charge in [0.25, 0.3) is 5.24 Å². The topological polar surface area (TPSA) is 17.1 Å². The summed E-state index contributed by atoms with van der Waals surface area (Å²) in [5.74, 6) is 0. The molecule has 0 saturated carbocycles. The Morgan fingerprint density at radius 3 is 2.64 bits per heavy atom. The second-order valence-corrected chi connectivity index (χ2v) is 3.09. The summed E-state index contributed by atoms with van der Waals surface area (Å²) < 4.78 is 0. The first-order chi connectivity index (χ1) is 6.75. The van der Waals surface area contributed by atoms with Gasteiger partial charge in [-0.3, -0.25) is 4.79 Å². The highest BCUT2D eigenvalue weighted by atomic mass is 35.5. The first-order valence-electron chi connectivity index (χ1n) is 4.34. The Labute approximate surface area is 88.7 Å². The van der Waals surface area contributed by atoms with Crippen LogP contribution >= 0.6 is 11.6 Å². The Morgan fingerprint density at radius 1 is 1.29 bits per heavy atom. The summed E-state index contributed by atoms with van der Waals surface area (Å²) in [6.07, 6.45) is 7.55. The fourth-order valence-electron chi connectivity index (χ4n) is 1.09. The van der Waals surface area contributed by atoms with Crippen molar-refractivity contribution in [3.05, 3.63) is 53.6 Å².